The SMILES string of the molecule is CS(=O)/C=C/c1ccc(C2(O)CCN(Cc3ccccc3)CC2)cc1. The molecule has 2 aromatic carbocycles. The van der Waals surface area contributed by atoms with Gasteiger partial charge in [0.15, 0.2) is 0 Å². The monoisotopic (exact) mass is 355 g/mol. The molecule has 132 valence electrons. The van der Waals surface area contributed by atoms with E-state index in [1.807, 2.05) is 36.4 Å². The molecule has 25 heavy (non-hydrogen) atoms. The Morgan fingerprint density at radius 3 is 2.32 bits per heavy atom. The predicted octanol–water partition coefficient (Wildman–Crippen LogP) is 3.52. The van der Waals surface area contributed by atoms with Gasteiger partial charge in [-0.05, 0) is 35.6 Å². The molecule has 1 unspecified atom stereocenters. The molecule has 2 aromatic rings. The van der Waals surface area contributed by atoms with Crippen LogP contribution in [0.3, 0.4) is 0 Å². The van der Waals surface area contributed by atoms with Crippen LogP contribution in [0, 0.1) is 0 Å². The molecular formula is C21H25NO2S. The van der Waals surface area contributed by atoms with Gasteiger partial charge < -0.3 is 5.11 Å². The third-order valence-electron chi connectivity index (χ3n) is 4.83. The van der Waals surface area contributed by atoms with Gasteiger partial charge in [-0.1, -0.05) is 54.6 Å². The molecule has 0 aromatic heterocycles. The van der Waals surface area contributed by atoms with Crippen LogP contribution in [0.15, 0.2) is 60.0 Å². The number of piperidine rings is 1. The zero-order valence-electron chi connectivity index (χ0n) is 14.6. The van der Waals surface area contributed by atoms with Gasteiger partial charge in [0, 0.05) is 42.1 Å². The molecule has 0 amide bonds. The van der Waals surface area contributed by atoms with E-state index in [-0.39, 0.29) is 0 Å². The fourth-order valence-electron chi connectivity index (χ4n) is 3.29. The van der Waals surface area contributed by atoms with Crippen molar-refractivity contribution in [2.75, 3.05) is 19.3 Å². The van der Waals surface area contributed by atoms with E-state index in [9.17, 15) is 9.32 Å². The van der Waals surface area contributed by atoms with Crippen molar-refractivity contribution in [3.05, 3.63) is 76.7 Å². The summed E-state index contributed by atoms with van der Waals surface area (Å²) in [5.41, 5.74) is 2.55. The molecule has 1 saturated heterocycles. The minimum Gasteiger partial charge on any atom is -0.385 e. The molecule has 3 nitrogen and oxygen atoms in total. The molecule has 1 heterocycles. The summed E-state index contributed by atoms with van der Waals surface area (Å²) in [6.07, 6.45) is 4.99. The summed E-state index contributed by atoms with van der Waals surface area (Å²) in [6, 6.07) is 18.4. The van der Waals surface area contributed by atoms with E-state index in [0.29, 0.717) is 0 Å². The maximum absolute atomic E-state index is 11.1. The average molecular weight is 356 g/mol. The Morgan fingerprint density at radius 2 is 1.72 bits per heavy atom. The first kappa shape index (κ1) is 18.1. The van der Waals surface area contributed by atoms with Crippen molar-refractivity contribution >= 4 is 16.9 Å². The topological polar surface area (TPSA) is 40.5 Å². The molecule has 0 saturated carbocycles. The van der Waals surface area contributed by atoms with Crippen LogP contribution < -0.4 is 0 Å². The normalized spacial score (nSPS) is 19.1. The van der Waals surface area contributed by atoms with Crippen molar-refractivity contribution < 1.29 is 9.32 Å². The second-order valence-corrected chi connectivity index (χ2v) is 7.99. The third-order valence-corrected chi connectivity index (χ3v) is 5.35. The van der Waals surface area contributed by atoms with Crippen molar-refractivity contribution in [1.29, 1.82) is 0 Å². The highest BCUT2D eigenvalue weighted by Crippen LogP contribution is 2.33. The molecule has 0 radical (unpaired) electrons. The highest BCUT2D eigenvalue weighted by molar-refractivity contribution is 7.87. The maximum atomic E-state index is 11.1. The van der Waals surface area contributed by atoms with Crippen LogP contribution in [0.4, 0.5) is 0 Å². The lowest BCUT2D eigenvalue weighted by molar-refractivity contribution is -0.0277. The Balaban J connectivity index is 1.61. The van der Waals surface area contributed by atoms with Gasteiger partial charge in [0.05, 0.1) is 5.60 Å². The van der Waals surface area contributed by atoms with Crippen LogP contribution in [-0.4, -0.2) is 33.6 Å². The first-order chi connectivity index (χ1) is 12.0. The van der Waals surface area contributed by atoms with E-state index >= 15 is 0 Å². The number of aliphatic hydroxyl groups is 1. The summed E-state index contributed by atoms with van der Waals surface area (Å²) in [6.45, 7) is 2.72. The first-order valence-corrected chi connectivity index (χ1v) is 10.3. The molecule has 1 atom stereocenters. The molecule has 3 rings (SSSR count). The van der Waals surface area contributed by atoms with Gasteiger partial charge in [-0.2, -0.15) is 0 Å². The Hall–Kier alpha value is -1.75. The van der Waals surface area contributed by atoms with Gasteiger partial charge in [-0.15, -0.1) is 0 Å². The zero-order chi connectivity index (χ0) is 17.7. The highest BCUT2D eigenvalue weighted by Gasteiger charge is 2.33. The molecule has 0 aliphatic carbocycles. The summed E-state index contributed by atoms with van der Waals surface area (Å²) < 4.78 is 11.1. The van der Waals surface area contributed by atoms with Gasteiger partial charge in [0.1, 0.15) is 0 Å². The number of nitrogens with zero attached hydrogens (tertiary/aromatic N) is 1. The van der Waals surface area contributed by atoms with Crippen LogP contribution in [-0.2, 0) is 22.9 Å². The van der Waals surface area contributed by atoms with Crippen LogP contribution in [0.2, 0.25) is 0 Å². The van der Waals surface area contributed by atoms with Crippen molar-refractivity contribution in [2.45, 2.75) is 25.0 Å². The summed E-state index contributed by atoms with van der Waals surface area (Å²) in [4.78, 5) is 2.40. The largest absolute Gasteiger partial charge is 0.385 e. The predicted molar refractivity (Wildman–Crippen MR) is 104 cm³/mol. The van der Waals surface area contributed by atoms with E-state index in [1.165, 1.54) is 5.56 Å². The molecule has 1 aliphatic heterocycles. The number of hydrogen-bond donors (Lipinski definition) is 1. The summed E-state index contributed by atoms with van der Waals surface area (Å²) in [5, 5.41) is 12.7. The van der Waals surface area contributed by atoms with E-state index in [1.54, 1.807) is 11.7 Å². The van der Waals surface area contributed by atoms with Crippen molar-refractivity contribution in [3.8, 4) is 0 Å². The lowest BCUT2D eigenvalue weighted by Crippen LogP contribution is -2.42. The minimum absolute atomic E-state index is 0.744. The summed E-state index contributed by atoms with van der Waals surface area (Å²) >= 11 is 0. The van der Waals surface area contributed by atoms with Gasteiger partial charge in [-0.3, -0.25) is 9.11 Å². The van der Waals surface area contributed by atoms with Crippen LogP contribution in [0.25, 0.3) is 6.08 Å². The lowest BCUT2D eigenvalue weighted by Gasteiger charge is -2.38. The average Bonchev–Trinajstić information content (AvgIpc) is 2.63. The standard InChI is InChI=1S/C21H25NO2S/c1-25(24)16-11-18-7-9-20(10-8-18)21(23)12-14-22(15-13-21)17-19-5-3-2-4-6-19/h2-11,16,23H,12-15,17H2,1H3/b16-11+. The first-order valence-electron chi connectivity index (χ1n) is 8.65. The fraction of sp³-hybridized carbons (Fsp3) is 0.333. The molecule has 1 N–H and O–H groups in total. The Labute approximate surface area is 152 Å². The quantitative estimate of drug-likeness (QED) is 0.892. The number of rotatable bonds is 5. The second-order valence-electron chi connectivity index (χ2n) is 6.72. The van der Waals surface area contributed by atoms with Crippen molar-refractivity contribution in [1.82, 2.24) is 4.90 Å². The van der Waals surface area contributed by atoms with Crippen LogP contribution in [0.1, 0.15) is 29.5 Å². The van der Waals surface area contributed by atoms with Gasteiger partial charge >= 0.3 is 0 Å². The van der Waals surface area contributed by atoms with Crippen LogP contribution >= 0.6 is 0 Å². The summed E-state index contributed by atoms with van der Waals surface area (Å²) in [7, 11) is -0.941. The number of benzene rings is 2. The van der Waals surface area contributed by atoms with Crippen molar-refractivity contribution in [2.24, 2.45) is 0 Å². The Morgan fingerprint density at radius 1 is 1.08 bits per heavy atom. The number of hydrogen-bond acceptors (Lipinski definition) is 3. The van der Waals surface area contributed by atoms with Crippen LogP contribution in [0.5, 0.6) is 0 Å². The molecule has 1 fully saturated rings. The maximum Gasteiger partial charge on any atom is 0.0920 e. The Kier molecular flexibility index (Phi) is 5.84. The molecule has 0 spiro atoms. The molecule has 1 aliphatic rings. The van der Waals surface area contributed by atoms with E-state index < -0.39 is 16.4 Å². The van der Waals surface area contributed by atoms with Gasteiger partial charge in [0.25, 0.3) is 0 Å². The fourth-order valence-corrected chi connectivity index (χ4v) is 3.64. The molecule has 0 bridgehead atoms. The molecular weight excluding hydrogens is 330 g/mol. The van der Waals surface area contributed by atoms with Gasteiger partial charge in [-0.25, -0.2) is 0 Å². The van der Waals surface area contributed by atoms with Crippen molar-refractivity contribution in [3.63, 3.8) is 0 Å². The second kappa shape index (κ2) is 8.09. The Bertz CT molecular complexity index is 732. The summed E-state index contributed by atoms with van der Waals surface area (Å²) in [5.74, 6) is 0. The van der Waals surface area contributed by atoms with E-state index in [2.05, 4.69) is 29.2 Å². The van der Waals surface area contributed by atoms with E-state index in [4.69, 9.17) is 0 Å². The molecule has 4 heteroatoms. The highest BCUT2D eigenvalue weighted by atomic mass is 32.2. The smallest absolute Gasteiger partial charge is 0.0920 e. The van der Waals surface area contributed by atoms with E-state index in [0.717, 1.165) is 43.6 Å². The lowest BCUT2D eigenvalue weighted by atomic mass is 9.84. The minimum atomic E-state index is -0.941. The number of likely N-dealkylation sites (tertiary alicyclic amines) is 1. The van der Waals surface area contributed by atoms with Gasteiger partial charge in [0.2, 0.25) is 0 Å². The zero-order valence-corrected chi connectivity index (χ0v) is 15.4. The third kappa shape index (κ3) is 4.88.